The molecule has 0 bridgehead atoms. The second kappa shape index (κ2) is 14.8. The number of rotatable bonds is 13. The van der Waals surface area contributed by atoms with E-state index in [4.69, 9.17) is 23.2 Å². The number of halogens is 2. The fourth-order valence-electron chi connectivity index (χ4n) is 5.02. The van der Waals surface area contributed by atoms with E-state index in [1.54, 1.807) is 29.5 Å². The number of nitrogens with one attached hydrogen (secondary N) is 1. The number of carboxylic acid groups (broad SMARTS) is 2. The molecule has 2 aromatic heterocycles. The molecule has 2 aliphatic rings. The summed E-state index contributed by atoms with van der Waals surface area (Å²) in [6.07, 6.45) is 0.350. The molecule has 0 radical (unpaired) electrons. The molecule has 2 atom stereocenters. The number of amides is 2. The van der Waals surface area contributed by atoms with Gasteiger partial charge in [-0.2, -0.15) is 4.57 Å². The van der Waals surface area contributed by atoms with E-state index < -0.39 is 29.3 Å². The molecule has 2 aliphatic heterocycles. The monoisotopic (exact) mass is 724 g/mol. The maximum atomic E-state index is 13.1. The summed E-state index contributed by atoms with van der Waals surface area (Å²) in [6.45, 7) is 2.61. The fourth-order valence-corrected chi connectivity index (χ4v) is 9.54. The van der Waals surface area contributed by atoms with E-state index in [9.17, 15) is 29.4 Å². The Morgan fingerprint density at radius 3 is 2.64 bits per heavy atom. The number of thioether (sulfide) groups is 3. The lowest BCUT2D eigenvalue weighted by Gasteiger charge is -2.49. The third kappa shape index (κ3) is 8.01. The van der Waals surface area contributed by atoms with Crippen LogP contribution < -0.4 is 9.88 Å². The summed E-state index contributed by atoms with van der Waals surface area (Å²) in [5.41, 5.74) is 2.41. The molecular formula is C30H28Cl2N3O6S4+. The van der Waals surface area contributed by atoms with Gasteiger partial charge in [-0.3, -0.25) is 19.3 Å². The Morgan fingerprint density at radius 2 is 1.93 bits per heavy atom. The molecule has 0 aliphatic carbocycles. The Bertz CT molecular complexity index is 1680. The Labute approximate surface area is 286 Å². The lowest BCUT2D eigenvalue weighted by molar-refractivity contribution is -0.701. The van der Waals surface area contributed by atoms with Crippen LogP contribution in [-0.2, 0) is 32.1 Å². The highest BCUT2D eigenvalue weighted by molar-refractivity contribution is 8.01. The summed E-state index contributed by atoms with van der Waals surface area (Å²) in [5.74, 6) is -2.16. The lowest BCUT2D eigenvalue weighted by atomic mass is 10.0. The van der Waals surface area contributed by atoms with Gasteiger partial charge in [-0.05, 0) is 35.2 Å². The molecule has 3 N–H and O–H groups in total. The summed E-state index contributed by atoms with van der Waals surface area (Å²) in [5, 5.41) is 24.6. The molecule has 5 rings (SSSR count). The van der Waals surface area contributed by atoms with Crippen LogP contribution in [0, 0.1) is 6.92 Å². The molecule has 0 saturated carbocycles. The van der Waals surface area contributed by atoms with Crippen molar-refractivity contribution < 1.29 is 34.0 Å². The van der Waals surface area contributed by atoms with Gasteiger partial charge in [0, 0.05) is 51.8 Å². The number of carbonyl (C=O) groups excluding carboxylic acids is 2. The van der Waals surface area contributed by atoms with Gasteiger partial charge in [-0.25, -0.2) is 4.79 Å². The van der Waals surface area contributed by atoms with Crippen molar-refractivity contribution in [3.63, 3.8) is 0 Å². The average molecular weight is 726 g/mol. The summed E-state index contributed by atoms with van der Waals surface area (Å²) < 4.78 is 2.11. The zero-order valence-corrected chi connectivity index (χ0v) is 28.6. The number of pyridine rings is 1. The lowest BCUT2D eigenvalue weighted by Crippen LogP contribution is -2.70. The quantitative estimate of drug-likeness (QED) is 0.122. The first-order valence-corrected chi connectivity index (χ1v) is 18.3. The number of aryl methyl sites for hydroxylation is 2. The number of benzene rings is 1. The second-order valence-corrected chi connectivity index (χ2v) is 15.3. The van der Waals surface area contributed by atoms with Crippen LogP contribution in [0.25, 0.3) is 0 Å². The standard InChI is InChI=1S/C30H27Cl2N3O6S4/c1-16-9-21(11-19(5-7-25(37)38)34(16)12-20-3-2-8-42-20)43-13-17-14-45-29-26(28(39)35(29)27(17)30(40)41)33-24(36)15-44-23-10-18(31)4-6-22(23)32/h2-4,6,8-11,26,29H,5,7,12-15H2,1H3,(H2-,33,36,37,38,40,41)/p+1/t26-,29-/m1/s1. The van der Waals surface area contributed by atoms with Crippen molar-refractivity contribution in [2.75, 3.05) is 17.3 Å². The number of carboxylic acids is 2. The summed E-state index contributed by atoms with van der Waals surface area (Å²) >= 11 is 17.9. The maximum absolute atomic E-state index is 13.1. The van der Waals surface area contributed by atoms with Crippen LogP contribution in [0.4, 0.5) is 0 Å². The van der Waals surface area contributed by atoms with E-state index >= 15 is 0 Å². The molecule has 1 saturated heterocycles. The predicted molar refractivity (Wildman–Crippen MR) is 178 cm³/mol. The van der Waals surface area contributed by atoms with Crippen molar-refractivity contribution in [2.24, 2.45) is 0 Å². The summed E-state index contributed by atoms with van der Waals surface area (Å²) in [4.78, 5) is 53.5. The predicted octanol–water partition coefficient (Wildman–Crippen LogP) is 5.34. The number of nitrogens with zero attached hydrogens (tertiary/aromatic N) is 2. The minimum absolute atomic E-state index is 0.00778. The molecule has 4 heterocycles. The average Bonchev–Trinajstić information content (AvgIpc) is 3.52. The number of fused-ring (bicyclic) bond motifs is 1. The first-order valence-electron chi connectivity index (χ1n) is 13.7. The van der Waals surface area contributed by atoms with Crippen molar-refractivity contribution >= 4 is 93.6 Å². The molecule has 0 spiro atoms. The van der Waals surface area contributed by atoms with Gasteiger partial charge in [0.25, 0.3) is 5.91 Å². The Hall–Kier alpha value is -2.68. The number of hydrogen-bond donors (Lipinski definition) is 3. The minimum Gasteiger partial charge on any atom is -0.481 e. The summed E-state index contributed by atoms with van der Waals surface area (Å²) in [7, 11) is 0. The van der Waals surface area contributed by atoms with E-state index in [0.717, 1.165) is 21.2 Å². The number of β-lactam (4-membered cyclic amide) rings is 1. The molecule has 2 amide bonds. The van der Waals surface area contributed by atoms with E-state index in [-0.39, 0.29) is 23.8 Å². The highest BCUT2D eigenvalue weighted by Gasteiger charge is 2.54. The highest BCUT2D eigenvalue weighted by atomic mass is 35.5. The second-order valence-electron chi connectivity index (χ2n) is 10.2. The first-order chi connectivity index (χ1) is 21.5. The van der Waals surface area contributed by atoms with Gasteiger partial charge in [0.15, 0.2) is 17.9 Å². The van der Waals surface area contributed by atoms with Gasteiger partial charge in [0.1, 0.15) is 17.1 Å². The smallest absolute Gasteiger partial charge is 0.352 e. The van der Waals surface area contributed by atoms with Gasteiger partial charge >= 0.3 is 11.9 Å². The number of aromatic nitrogens is 1. The van der Waals surface area contributed by atoms with Crippen LogP contribution in [-0.4, -0.2) is 67.5 Å². The van der Waals surface area contributed by atoms with Gasteiger partial charge in [0.05, 0.1) is 22.1 Å². The Kier molecular flexibility index (Phi) is 11.1. The van der Waals surface area contributed by atoms with Gasteiger partial charge in [0.2, 0.25) is 5.91 Å². The minimum atomic E-state index is -1.19. The molecule has 45 heavy (non-hydrogen) atoms. The van der Waals surface area contributed by atoms with E-state index in [1.165, 1.54) is 40.2 Å². The number of carbonyl (C=O) groups is 4. The summed E-state index contributed by atoms with van der Waals surface area (Å²) in [6, 6.07) is 12.1. The van der Waals surface area contributed by atoms with Gasteiger partial charge < -0.3 is 15.5 Å². The molecule has 236 valence electrons. The normalized spacial score (nSPS) is 17.6. The molecule has 3 aromatic rings. The largest absolute Gasteiger partial charge is 0.481 e. The number of aliphatic carboxylic acids is 2. The fraction of sp³-hybridized carbons (Fsp3) is 0.300. The third-order valence-electron chi connectivity index (χ3n) is 7.15. The van der Waals surface area contributed by atoms with Crippen LogP contribution in [0.3, 0.4) is 0 Å². The van der Waals surface area contributed by atoms with Crippen LogP contribution in [0.2, 0.25) is 10.0 Å². The van der Waals surface area contributed by atoms with E-state index in [1.807, 2.05) is 36.6 Å². The maximum Gasteiger partial charge on any atom is 0.352 e. The Balaban J connectivity index is 1.26. The van der Waals surface area contributed by atoms with Crippen LogP contribution in [0.15, 0.2) is 68.9 Å². The Morgan fingerprint density at radius 1 is 1.13 bits per heavy atom. The van der Waals surface area contributed by atoms with E-state index in [0.29, 0.717) is 45.0 Å². The van der Waals surface area contributed by atoms with Gasteiger partial charge in [-0.15, -0.1) is 46.6 Å². The molecule has 0 unspecified atom stereocenters. The molecular weight excluding hydrogens is 698 g/mol. The molecule has 15 heteroatoms. The number of hydrogen-bond acceptors (Lipinski definition) is 8. The van der Waals surface area contributed by atoms with Crippen LogP contribution in [0.5, 0.6) is 0 Å². The van der Waals surface area contributed by atoms with Crippen LogP contribution in [0.1, 0.15) is 22.7 Å². The van der Waals surface area contributed by atoms with E-state index in [2.05, 4.69) is 9.88 Å². The van der Waals surface area contributed by atoms with Gasteiger partial charge in [-0.1, -0.05) is 29.3 Å². The van der Waals surface area contributed by atoms with Crippen molar-refractivity contribution in [1.82, 2.24) is 10.2 Å². The van der Waals surface area contributed by atoms with Crippen molar-refractivity contribution in [3.8, 4) is 0 Å². The van der Waals surface area contributed by atoms with Crippen molar-refractivity contribution in [3.05, 3.63) is 85.4 Å². The van der Waals surface area contributed by atoms with Crippen molar-refractivity contribution in [2.45, 2.75) is 47.5 Å². The first kappa shape index (κ1) is 33.7. The number of thiophene rings is 1. The zero-order valence-electron chi connectivity index (χ0n) is 23.8. The zero-order chi connectivity index (χ0) is 32.2. The SMILES string of the molecule is Cc1cc(SCC2=C(C(=O)O)N3C(=O)[C@@H](NC(=O)CSc4cc(Cl)ccc4Cl)[C@H]3SC2)cc(CCC(=O)O)[n+]1Cc1cccs1. The highest BCUT2D eigenvalue weighted by Crippen LogP contribution is 2.42. The topological polar surface area (TPSA) is 128 Å². The van der Waals surface area contributed by atoms with Crippen molar-refractivity contribution in [1.29, 1.82) is 0 Å². The molecule has 9 nitrogen and oxygen atoms in total. The van der Waals surface area contributed by atoms with Crippen LogP contribution >= 0.6 is 69.8 Å². The third-order valence-corrected chi connectivity index (χ3v) is 12.1. The molecule has 1 fully saturated rings. The molecule has 1 aromatic carbocycles.